The van der Waals surface area contributed by atoms with Crippen molar-refractivity contribution in [1.82, 2.24) is 9.88 Å². The van der Waals surface area contributed by atoms with Crippen molar-refractivity contribution in [3.8, 4) is 6.07 Å². The van der Waals surface area contributed by atoms with Crippen LogP contribution in [0.2, 0.25) is 0 Å². The Morgan fingerprint density at radius 2 is 2.44 bits per heavy atom. The van der Waals surface area contributed by atoms with Crippen LogP contribution in [0.4, 0.5) is 0 Å². The summed E-state index contributed by atoms with van der Waals surface area (Å²) in [6, 6.07) is 6.00. The third-order valence-corrected chi connectivity index (χ3v) is 3.53. The quantitative estimate of drug-likeness (QED) is 0.874. The summed E-state index contributed by atoms with van der Waals surface area (Å²) < 4.78 is 0. The minimum absolute atomic E-state index is 0.273. The highest BCUT2D eigenvalue weighted by Gasteiger charge is 2.20. The standard InChI is InChI=1S/C14H19N3O/c15-9-14-13(4-1-6-16-14)11-17-7-2-3-12(10-17)5-8-18/h1,4,6,12,18H,2-3,5,7-8,10-11H2. The largest absolute Gasteiger partial charge is 0.396 e. The van der Waals surface area contributed by atoms with E-state index in [1.54, 1.807) is 6.20 Å². The second-order valence-corrected chi connectivity index (χ2v) is 4.88. The third-order valence-electron chi connectivity index (χ3n) is 3.53. The lowest BCUT2D eigenvalue weighted by molar-refractivity contribution is 0.142. The Kier molecular flexibility index (Phi) is 4.68. The Morgan fingerprint density at radius 1 is 1.56 bits per heavy atom. The van der Waals surface area contributed by atoms with Gasteiger partial charge in [0.15, 0.2) is 0 Å². The molecule has 1 fully saturated rings. The SMILES string of the molecule is N#Cc1ncccc1CN1CCCC(CCO)C1. The van der Waals surface area contributed by atoms with E-state index in [1.165, 1.54) is 12.8 Å². The minimum atomic E-state index is 0.273. The number of rotatable bonds is 4. The average molecular weight is 245 g/mol. The molecule has 4 heteroatoms. The number of hydrogen-bond donors (Lipinski definition) is 1. The van der Waals surface area contributed by atoms with Gasteiger partial charge < -0.3 is 5.11 Å². The molecule has 0 amide bonds. The zero-order chi connectivity index (χ0) is 12.8. The summed E-state index contributed by atoms with van der Waals surface area (Å²) in [4.78, 5) is 6.45. The van der Waals surface area contributed by atoms with Crippen molar-refractivity contribution in [1.29, 1.82) is 5.26 Å². The van der Waals surface area contributed by atoms with E-state index >= 15 is 0 Å². The van der Waals surface area contributed by atoms with Gasteiger partial charge in [0.2, 0.25) is 0 Å². The second kappa shape index (κ2) is 6.48. The minimum Gasteiger partial charge on any atom is -0.396 e. The lowest BCUT2D eigenvalue weighted by Crippen LogP contribution is -2.35. The molecule has 1 unspecified atom stereocenters. The van der Waals surface area contributed by atoms with Crippen LogP contribution < -0.4 is 0 Å². The van der Waals surface area contributed by atoms with Gasteiger partial charge in [0, 0.05) is 31.5 Å². The van der Waals surface area contributed by atoms with Gasteiger partial charge in [-0.1, -0.05) is 6.07 Å². The van der Waals surface area contributed by atoms with E-state index in [4.69, 9.17) is 10.4 Å². The molecule has 0 spiro atoms. The van der Waals surface area contributed by atoms with Crippen molar-refractivity contribution in [3.05, 3.63) is 29.6 Å². The molecule has 1 aliphatic rings. The van der Waals surface area contributed by atoms with Crippen LogP contribution in [0.1, 0.15) is 30.5 Å². The lowest BCUT2D eigenvalue weighted by atomic mass is 9.95. The van der Waals surface area contributed by atoms with E-state index in [9.17, 15) is 0 Å². The molecule has 1 aliphatic heterocycles. The van der Waals surface area contributed by atoms with E-state index in [0.29, 0.717) is 11.6 Å². The third kappa shape index (κ3) is 3.28. The fraction of sp³-hybridized carbons (Fsp3) is 0.571. The van der Waals surface area contributed by atoms with Gasteiger partial charge in [0.05, 0.1) is 0 Å². The van der Waals surface area contributed by atoms with Gasteiger partial charge in [-0.15, -0.1) is 0 Å². The predicted octanol–water partition coefficient (Wildman–Crippen LogP) is 1.55. The van der Waals surface area contributed by atoms with Crippen molar-refractivity contribution in [2.24, 2.45) is 5.92 Å². The molecular weight excluding hydrogens is 226 g/mol. The summed E-state index contributed by atoms with van der Waals surface area (Å²) in [5, 5.41) is 18.0. The topological polar surface area (TPSA) is 60.2 Å². The highest BCUT2D eigenvalue weighted by Crippen LogP contribution is 2.21. The molecule has 0 bridgehead atoms. The normalized spacial score (nSPS) is 20.6. The van der Waals surface area contributed by atoms with Gasteiger partial charge in [-0.3, -0.25) is 4.90 Å². The van der Waals surface area contributed by atoms with Crippen LogP contribution in [0, 0.1) is 17.2 Å². The summed E-state index contributed by atoms with van der Waals surface area (Å²) >= 11 is 0. The first kappa shape index (κ1) is 13.0. The number of nitrogens with zero attached hydrogens (tertiary/aromatic N) is 3. The molecule has 2 heterocycles. The Labute approximate surface area is 108 Å². The molecule has 2 rings (SSSR count). The predicted molar refractivity (Wildman–Crippen MR) is 68.7 cm³/mol. The van der Waals surface area contributed by atoms with Crippen molar-refractivity contribution in [3.63, 3.8) is 0 Å². The smallest absolute Gasteiger partial charge is 0.144 e. The average Bonchev–Trinajstić information content (AvgIpc) is 2.40. The molecule has 1 aromatic heterocycles. The van der Waals surface area contributed by atoms with Crippen LogP contribution in [0.3, 0.4) is 0 Å². The molecular formula is C14H19N3O. The van der Waals surface area contributed by atoms with Crippen LogP contribution in [-0.4, -0.2) is 34.7 Å². The van der Waals surface area contributed by atoms with E-state index in [1.807, 2.05) is 12.1 Å². The van der Waals surface area contributed by atoms with Crippen LogP contribution in [-0.2, 0) is 6.54 Å². The molecule has 4 nitrogen and oxygen atoms in total. The molecule has 0 radical (unpaired) electrons. The Balaban J connectivity index is 1.98. The van der Waals surface area contributed by atoms with E-state index in [2.05, 4.69) is 16.0 Å². The van der Waals surface area contributed by atoms with Gasteiger partial charge in [0.25, 0.3) is 0 Å². The molecule has 0 aromatic carbocycles. The van der Waals surface area contributed by atoms with Crippen LogP contribution in [0.5, 0.6) is 0 Å². The van der Waals surface area contributed by atoms with Gasteiger partial charge in [-0.25, -0.2) is 4.98 Å². The maximum absolute atomic E-state index is 9.02. The number of aliphatic hydroxyl groups is 1. The number of aromatic nitrogens is 1. The molecule has 96 valence electrons. The highest BCUT2D eigenvalue weighted by molar-refractivity contribution is 5.30. The summed E-state index contributed by atoms with van der Waals surface area (Å²) in [5.41, 5.74) is 1.53. The number of piperidine rings is 1. The van der Waals surface area contributed by atoms with Crippen molar-refractivity contribution >= 4 is 0 Å². The second-order valence-electron chi connectivity index (χ2n) is 4.88. The fourth-order valence-electron chi connectivity index (χ4n) is 2.62. The van der Waals surface area contributed by atoms with E-state index in [-0.39, 0.29) is 6.61 Å². The van der Waals surface area contributed by atoms with Crippen molar-refractivity contribution in [2.75, 3.05) is 19.7 Å². The fourth-order valence-corrected chi connectivity index (χ4v) is 2.62. The number of hydrogen-bond acceptors (Lipinski definition) is 4. The van der Waals surface area contributed by atoms with Crippen molar-refractivity contribution in [2.45, 2.75) is 25.8 Å². The summed E-state index contributed by atoms with van der Waals surface area (Å²) in [5.74, 6) is 0.589. The van der Waals surface area contributed by atoms with Gasteiger partial charge in [-0.05, 0) is 37.8 Å². The molecule has 1 N–H and O–H groups in total. The Bertz CT molecular complexity index is 425. The van der Waals surface area contributed by atoms with E-state index in [0.717, 1.165) is 31.6 Å². The van der Waals surface area contributed by atoms with Crippen molar-refractivity contribution < 1.29 is 5.11 Å². The van der Waals surface area contributed by atoms with E-state index < -0.39 is 0 Å². The van der Waals surface area contributed by atoms with Gasteiger partial charge in [0.1, 0.15) is 11.8 Å². The number of pyridine rings is 1. The van der Waals surface area contributed by atoms with Gasteiger partial charge in [-0.2, -0.15) is 5.26 Å². The molecule has 0 saturated carbocycles. The summed E-state index contributed by atoms with van der Waals surface area (Å²) in [6.07, 6.45) is 4.92. The molecule has 18 heavy (non-hydrogen) atoms. The molecule has 1 saturated heterocycles. The molecule has 1 atom stereocenters. The first-order valence-corrected chi connectivity index (χ1v) is 6.50. The summed E-state index contributed by atoms with van der Waals surface area (Å²) in [7, 11) is 0. The summed E-state index contributed by atoms with van der Waals surface area (Å²) in [6.45, 7) is 3.15. The molecule has 0 aliphatic carbocycles. The van der Waals surface area contributed by atoms with Crippen LogP contribution in [0.15, 0.2) is 18.3 Å². The molecule has 1 aromatic rings. The monoisotopic (exact) mass is 245 g/mol. The maximum atomic E-state index is 9.02. The Hall–Kier alpha value is -1.44. The highest BCUT2D eigenvalue weighted by atomic mass is 16.3. The number of likely N-dealkylation sites (tertiary alicyclic amines) is 1. The van der Waals surface area contributed by atoms with Gasteiger partial charge >= 0.3 is 0 Å². The zero-order valence-corrected chi connectivity index (χ0v) is 10.5. The maximum Gasteiger partial charge on any atom is 0.144 e. The first-order chi connectivity index (χ1) is 8.83. The Morgan fingerprint density at radius 3 is 3.22 bits per heavy atom. The van der Waals surface area contributed by atoms with Crippen LogP contribution >= 0.6 is 0 Å². The first-order valence-electron chi connectivity index (χ1n) is 6.50. The van der Waals surface area contributed by atoms with Crippen LogP contribution in [0.25, 0.3) is 0 Å². The number of nitriles is 1. The lowest BCUT2D eigenvalue weighted by Gasteiger charge is -2.32. The number of aliphatic hydroxyl groups excluding tert-OH is 1. The zero-order valence-electron chi connectivity index (χ0n) is 10.5.